The summed E-state index contributed by atoms with van der Waals surface area (Å²) in [5.41, 5.74) is 0.00975. The molecule has 2 heterocycles. The fourth-order valence-electron chi connectivity index (χ4n) is 5.37. The molecule has 0 aliphatic carbocycles. The Hall–Kier alpha value is -2.94. The summed E-state index contributed by atoms with van der Waals surface area (Å²) in [6.45, 7) is 4.61. The first-order chi connectivity index (χ1) is 17.1. The number of carbonyl (C=O) groups is 2. The van der Waals surface area contributed by atoms with Crippen molar-refractivity contribution in [2.75, 3.05) is 31.1 Å². The molecule has 0 radical (unpaired) electrons. The van der Waals surface area contributed by atoms with Crippen LogP contribution < -0.4 is 10.2 Å². The Labute approximate surface area is 208 Å². The zero-order chi connectivity index (χ0) is 25.9. The molecule has 5 nitrogen and oxygen atoms in total. The molecule has 2 aromatic rings. The smallest absolute Gasteiger partial charge is 0.369 e. The summed E-state index contributed by atoms with van der Waals surface area (Å²) in [7, 11) is 0. The van der Waals surface area contributed by atoms with Crippen LogP contribution in [0.2, 0.25) is 0 Å². The highest BCUT2D eigenvalue weighted by atomic mass is 19.4. The molecule has 2 fully saturated rings. The van der Waals surface area contributed by atoms with Crippen LogP contribution in [-0.2, 0) is 11.0 Å². The molecule has 4 rings (SSSR count). The van der Waals surface area contributed by atoms with Crippen molar-refractivity contribution in [3.8, 4) is 0 Å². The Morgan fingerprint density at radius 1 is 1.06 bits per heavy atom. The predicted molar refractivity (Wildman–Crippen MR) is 129 cm³/mol. The number of alkyl halides is 3. The van der Waals surface area contributed by atoms with Gasteiger partial charge < -0.3 is 10.2 Å². The van der Waals surface area contributed by atoms with Gasteiger partial charge in [0.2, 0.25) is 0 Å². The number of amides is 1. The number of piperidine rings is 1. The fourth-order valence-corrected chi connectivity index (χ4v) is 5.37. The van der Waals surface area contributed by atoms with Crippen molar-refractivity contribution in [1.82, 2.24) is 10.2 Å². The minimum atomic E-state index is -4.53. The third-order valence-electron chi connectivity index (χ3n) is 7.25. The van der Waals surface area contributed by atoms with E-state index in [0.29, 0.717) is 18.5 Å². The second-order valence-corrected chi connectivity index (χ2v) is 9.85. The van der Waals surface area contributed by atoms with Gasteiger partial charge in [0.05, 0.1) is 12.1 Å². The Morgan fingerprint density at radius 2 is 1.81 bits per heavy atom. The van der Waals surface area contributed by atoms with E-state index < -0.39 is 17.6 Å². The van der Waals surface area contributed by atoms with Crippen LogP contribution >= 0.6 is 0 Å². The van der Waals surface area contributed by atoms with Gasteiger partial charge in [-0.3, -0.25) is 14.5 Å². The van der Waals surface area contributed by atoms with Gasteiger partial charge in [-0.2, -0.15) is 13.2 Å². The van der Waals surface area contributed by atoms with Gasteiger partial charge in [0.15, 0.2) is 5.78 Å². The zero-order valence-electron chi connectivity index (χ0n) is 20.2. The summed E-state index contributed by atoms with van der Waals surface area (Å²) < 4.78 is 51.9. The van der Waals surface area contributed by atoms with E-state index in [1.165, 1.54) is 24.3 Å². The lowest BCUT2D eigenvalue weighted by Crippen LogP contribution is -2.48. The average molecular weight is 506 g/mol. The molecule has 0 spiro atoms. The summed E-state index contributed by atoms with van der Waals surface area (Å²) >= 11 is 0. The van der Waals surface area contributed by atoms with Crippen molar-refractivity contribution in [3.63, 3.8) is 0 Å². The molecule has 2 aliphatic heterocycles. The van der Waals surface area contributed by atoms with Crippen molar-refractivity contribution in [2.45, 2.75) is 50.9 Å². The predicted octanol–water partition coefficient (Wildman–Crippen LogP) is 4.91. The Balaban J connectivity index is 1.22. The highest BCUT2D eigenvalue weighted by molar-refractivity contribution is 5.96. The molecule has 2 aromatic carbocycles. The Kier molecular flexibility index (Phi) is 7.97. The number of ketones is 1. The molecule has 0 saturated carbocycles. The minimum Gasteiger partial charge on any atom is -0.369 e. The molecule has 2 aliphatic rings. The molecule has 2 saturated heterocycles. The zero-order valence-corrected chi connectivity index (χ0v) is 20.2. The van der Waals surface area contributed by atoms with Crippen LogP contribution in [0.3, 0.4) is 0 Å². The van der Waals surface area contributed by atoms with Crippen LogP contribution in [0, 0.1) is 11.7 Å². The first kappa shape index (κ1) is 26.1. The van der Waals surface area contributed by atoms with Crippen molar-refractivity contribution in [3.05, 3.63) is 65.5 Å². The SMILES string of the molecule is CC1CC(N2CC[C@@H](CC(=O)CNC(=O)c3cccc(C(F)(F)F)c3)C2)CCN1c1ccc(F)cc1. The van der Waals surface area contributed by atoms with E-state index in [-0.39, 0.29) is 29.6 Å². The lowest BCUT2D eigenvalue weighted by atomic mass is 9.96. The number of Topliss-reactive ketones (excluding diaryl/α,β-unsaturated/α-hetero) is 1. The molecule has 2 unspecified atom stereocenters. The number of likely N-dealkylation sites (tertiary alicyclic amines) is 1. The average Bonchev–Trinajstić information content (AvgIpc) is 3.31. The Bertz CT molecular complexity index is 1070. The van der Waals surface area contributed by atoms with Gasteiger partial charge in [0.25, 0.3) is 5.91 Å². The van der Waals surface area contributed by atoms with Gasteiger partial charge >= 0.3 is 6.18 Å². The number of nitrogens with one attached hydrogen (secondary N) is 1. The topological polar surface area (TPSA) is 52.7 Å². The number of nitrogens with zero attached hydrogens (tertiary/aromatic N) is 2. The van der Waals surface area contributed by atoms with Gasteiger partial charge in [-0.1, -0.05) is 6.07 Å². The minimum absolute atomic E-state index is 0.120. The summed E-state index contributed by atoms with van der Waals surface area (Å²) in [5, 5.41) is 2.46. The van der Waals surface area contributed by atoms with E-state index in [1.54, 1.807) is 0 Å². The van der Waals surface area contributed by atoms with E-state index in [1.807, 2.05) is 12.1 Å². The number of anilines is 1. The van der Waals surface area contributed by atoms with Gasteiger partial charge in [-0.15, -0.1) is 0 Å². The molecule has 3 atom stereocenters. The quantitative estimate of drug-likeness (QED) is 0.544. The maximum absolute atomic E-state index is 13.3. The van der Waals surface area contributed by atoms with Gasteiger partial charge in [-0.25, -0.2) is 4.39 Å². The standard InChI is InChI=1S/C27H31F4N3O2/c1-18-13-24(10-12-34(18)23-7-5-22(28)6-8-23)33-11-9-19(17-33)14-25(35)16-32-26(36)20-3-2-4-21(15-20)27(29,30)31/h2-8,15,18-19,24H,9-14,16-17H2,1H3,(H,32,36)/t18?,19-,24?/m0/s1. The molecule has 1 N–H and O–H groups in total. The van der Waals surface area contributed by atoms with Crippen LogP contribution in [-0.4, -0.2) is 54.9 Å². The molecule has 0 bridgehead atoms. The van der Waals surface area contributed by atoms with E-state index in [4.69, 9.17) is 0 Å². The monoisotopic (exact) mass is 505 g/mol. The number of rotatable bonds is 7. The molecule has 1 amide bonds. The third kappa shape index (κ3) is 6.43. The number of halogens is 4. The fraction of sp³-hybridized carbons (Fsp3) is 0.481. The number of hydrogen-bond donors (Lipinski definition) is 1. The highest BCUT2D eigenvalue weighted by Gasteiger charge is 2.34. The van der Waals surface area contributed by atoms with Crippen molar-refractivity contribution < 1.29 is 27.2 Å². The maximum Gasteiger partial charge on any atom is 0.416 e. The maximum atomic E-state index is 13.3. The number of hydrogen-bond acceptors (Lipinski definition) is 4. The van der Waals surface area contributed by atoms with Gasteiger partial charge in [0.1, 0.15) is 5.82 Å². The first-order valence-corrected chi connectivity index (χ1v) is 12.3. The summed E-state index contributed by atoms with van der Waals surface area (Å²) in [6, 6.07) is 11.5. The first-order valence-electron chi connectivity index (χ1n) is 12.3. The third-order valence-corrected chi connectivity index (χ3v) is 7.25. The molecule has 9 heteroatoms. The van der Waals surface area contributed by atoms with E-state index in [9.17, 15) is 27.2 Å². The van der Waals surface area contributed by atoms with Gasteiger partial charge in [0, 0.05) is 42.8 Å². The molecular formula is C27H31F4N3O2. The number of benzene rings is 2. The highest BCUT2D eigenvalue weighted by Crippen LogP contribution is 2.31. The summed E-state index contributed by atoms with van der Waals surface area (Å²) in [6.07, 6.45) is -1.31. The van der Waals surface area contributed by atoms with Crippen LogP contribution in [0.4, 0.5) is 23.2 Å². The van der Waals surface area contributed by atoms with E-state index >= 15 is 0 Å². The van der Waals surface area contributed by atoms with E-state index in [0.717, 1.165) is 56.7 Å². The summed E-state index contributed by atoms with van der Waals surface area (Å²) in [5.74, 6) is -0.853. The van der Waals surface area contributed by atoms with Crippen molar-refractivity contribution >= 4 is 17.4 Å². The molecule has 36 heavy (non-hydrogen) atoms. The van der Waals surface area contributed by atoms with E-state index in [2.05, 4.69) is 22.0 Å². The van der Waals surface area contributed by atoms with Crippen LogP contribution in [0.15, 0.2) is 48.5 Å². The second kappa shape index (κ2) is 11.0. The lowest BCUT2D eigenvalue weighted by Gasteiger charge is -2.42. The summed E-state index contributed by atoms with van der Waals surface area (Å²) in [4.78, 5) is 29.5. The van der Waals surface area contributed by atoms with Gasteiger partial charge in [-0.05, 0) is 81.1 Å². The lowest BCUT2D eigenvalue weighted by molar-refractivity contribution is -0.137. The van der Waals surface area contributed by atoms with Crippen LogP contribution in [0.5, 0.6) is 0 Å². The second-order valence-electron chi connectivity index (χ2n) is 9.85. The molecule has 194 valence electrons. The Morgan fingerprint density at radius 3 is 2.50 bits per heavy atom. The van der Waals surface area contributed by atoms with Crippen LogP contribution in [0.25, 0.3) is 0 Å². The normalized spacial score (nSPS) is 23.0. The van der Waals surface area contributed by atoms with Crippen LogP contribution in [0.1, 0.15) is 48.5 Å². The number of carbonyl (C=O) groups excluding carboxylic acids is 2. The van der Waals surface area contributed by atoms with Crippen molar-refractivity contribution in [1.29, 1.82) is 0 Å². The van der Waals surface area contributed by atoms with Crippen molar-refractivity contribution in [2.24, 2.45) is 5.92 Å². The molecular weight excluding hydrogens is 474 g/mol. The largest absolute Gasteiger partial charge is 0.416 e. The molecule has 0 aromatic heterocycles.